The number of benzene rings is 2. The summed E-state index contributed by atoms with van der Waals surface area (Å²) < 4.78 is 68.1. The summed E-state index contributed by atoms with van der Waals surface area (Å²) in [6, 6.07) is 7.64. The van der Waals surface area contributed by atoms with Crippen molar-refractivity contribution in [2.45, 2.75) is 43.0 Å². The van der Waals surface area contributed by atoms with Crippen LogP contribution in [0.5, 0.6) is 11.5 Å². The number of nitrogens with one attached hydrogen (secondary N) is 1. The molecule has 4 N–H and O–H groups in total. The van der Waals surface area contributed by atoms with Gasteiger partial charge in [0.05, 0.1) is 24.4 Å². The van der Waals surface area contributed by atoms with Crippen LogP contribution in [0.25, 0.3) is 22.2 Å². The number of methoxy groups -OCH3 is 1. The number of hydrogen-bond acceptors (Lipinski definition) is 7. The van der Waals surface area contributed by atoms with Gasteiger partial charge in [-0.15, -0.1) is 0 Å². The Morgan fingerprint density at radius 3 is 2.62 bits per heavy atom. The van der Waals surface area contributed by atoms with Gasteiger partial charge in [0.25, 0.3) is 5.91 Å². The van der Waals surface area contributed by atoms with E-state index in [1.807, 2.05) is 0 Å². The molecule has 6 rings (SSSR count). The Kier molecular flexibility index (Phi) is 7.20. The highest BCUT2D eigenvalue weighted by molar-refractivity contribution is 6.31. The SMILES string of the molecule is COc1cc(C(=O)NC[C@](O)(c2cc3c(c(-c4ccc(F)c(Cl)c4)n2)OC[C@]3(C)C(N)=O)C2(F)CC2)cc2cn(C(F)F)nc12. The molecule has 2 amide bonds. The van der Waals surface area contributed by atoms with E-state index in [9.17, 15) is 27.9 Å². The van der Waals surface area contributed by atoms with Gasteiger partial charge in [-0.05, 0) is 56.2 Å². The van der Waals surface area contributed by atoms with Crippen LogP contribution in [-0.2, 0) is 15.8 Å². The third-order valence-electron chi connectivity index (χ3n) is 8.44. The average Bonchev–Trinajstić information content (AvgIpc) is 3.46. The summed E-state index contributed by atoms with van der Waals surface area (Å²) in [4.78, 5) is 30.4. The summed E-state index contributed by atoms with van der Waals surface area (Å²) in [6.45, 7) is -2.25. The van der Waals surface area contributed by atoms with Crippen molar-refractivity contribution >= 4 is 34.3 Å². The third kappa shape index (κ3) is 4.92. The zero-order valence-electron chi connectivity index (χ0n) is 23.8. The van der Waals surface area contributed by atoms with Crippen LogP contribution in [0.4, 0.5) is 17.6 Å². The number of pyridine rings is 1. The number of aliphatic hydroxyl groups is 1. The summed E-state index contributed by atoms with van der Waals surface area (Å²) in [5.74, 6) is -2.06. The fraction of sp³-hybridized carbons (Fsp3) is 0.333. The van der Waals surface area contributed by atoms with Crippen molar-refractivity contribution in [2.24, 2.45) is 5.73 Å². The molecule has 4 aromatic rings. The number of nitrogens with zero attached hydrogens (tertiary/aromatic N) is 3. The van der Waals surface area contributed by atoms with Gasteiger partial charge in [0.2, 0.25) is 5.91 Å². The Labute approximate surface area is 258 Å². The Bertz CT molecular complexity index is 1880. The molecular weight excluding hydrogens is 622 g/mol. The fourth-order valence-electron chi connectivity index (χ4n) is 5.46. The van der Waals surface area contributed by atoms with Crippen molar-refractivity contribution in [3.8, 4) is 22.8 Å². The molecule has 0 spiro atoms. The lowest BCUT2D eigenvalue weighted by Gasteiger charge is -2.33. The smallest absolute Gasteiger partial charge is 0.333 e. The maximum Gasteiger partial charge on any atom is 0.333 e. The van der Waals surface area contributed by atoms with E-state index in [1.54, 1.807) is 0 Å². The zero-order chi connectivity index (χ0) is 32.5. The summed E-state index contributed by atoms with van der Waals surface area (Å²) >= 11 is 6.03. The molecule has 2 aromatic heterocycles. The number of carbonyl (C=O) groups excluding carboxylic acids is 2. The monoisotopic (exact) mass is 647 g/mol. The van der Waals surface area contributed by atoms with E-state index in [2.05, 4.69) is 15.4 Å². The van der Waals surface area contributed by atoms with Gasteiger partial charge in [0.15, 0.2) is 5.60 Å². The highest BCUT2D eigenvalue weighted by Crippen LogP contribution is 2.55. The van der Waals surface area contributed by atoms with Crippen LogP contribution in [0.1, 0.15) is 47.9 Å². The number of carbonyl (C=O) groups is 2. The minimum Gasteiger partial charge on any atom is -0.494 e. The second-order valence-electron chi connectivity index (χ2n) is 11.4. The number of primary amides is 1. The Morgan fingerprint density at radius 1 is 1.27 bits per heavy atom. The Balaban J connectivity index is 1.42. The normalized spacial score (nSPS) is 19.6. The lowest BCUT2D eigenvalue weighted by molar-refractivity contribution is -0.123. The van der Waals surface area contributed by atoms with E-state index >= 15 is 4.39 Å². The number of halogens is 5. The molecule has 3 heterocycles. The summed E-state index contributed by atoms with van der Waals surface area (Å²) in [6.07, 6.45) is 0.921. The maximum atomic E-state index is 16.1. The first-order valence-corrected chi connectivity index (χ1v) is 14.1. The van der Waals surface area contributed by atoms with Crippen LogP contribution in [0, 0.1) is 5.82 Å². The number of nitrogens with two attached hydrogens (primary N) is 1. The van der Waals surface area contributed by atoms with E-state index < -0.39 is 47.4 Å². The molecule has 1 saturated carbocycles. The molecule has 1 aliphatic heterocycles. The molecule has 1 fully saturated rings. The number of alkyl halides is 3. The Hall–Kier alpha value is -4.43. The van der Waals surface area contributed by atoms with Crippen LogP contribution in [0.3, 0.4) is 0 Å². The van der Waals surface area contributed by atoms with Crippen LogP contribution < -0.4 is 20.5 Å². The highest BCUT2D eigenvalue weighted by Gasteiger charge is 2.62. The van der Waals surface area contributed by atoms with E-state index in [0.717, 1.165) is 12.3 Å². The molecule has 15 heteroatoms. The van der Waals surface area contributed by atoms with E-state index in [4.69, 9.17) is 26.8 Å². The van der Waals surface area contributed by atoms with Gasteiger partial charge in [0.1, 0.15) is 46.2 Å². The Morgan fingerprint density at radius 2 is 2.00 bits per heavy atom. The van der Waals surface area contributed by atoms with Crippen LogP contribution in [0.15, 0.2) is 42.6 Å². The van der Waals surface area contributed by atoms with Crippen LogP contribution in [0.2, 0.25) is 5.02 Å². The van der Waals surface area contributed by atoms with Gasteiger partial charge >= 0.3 is 6.55 Å². The number of aromatic nitrogens is 3. The van der Waals surface area contributed by atoms with E-state index in [0.29, 0.717) is 4.68 Å². The number of hydrogen-bond donors (Lipinski definition) is 3. The molecular formula is C30H26ClF4N5O5. The number of ether oxygens (including phenoxy) is 2. The minimum absolute atomic E-state index is 0.0301. The summed E-state index contributed by atoms with van der Waals surface area (Å²) in [5.41, 5.74) is 0.0434. The van der Waals surface area contributed by atoms with Crippen molar-refractivity contribution in [3.63, 3.8) is 0 Å². The molecule has 2 aromatic carbocycles. The second-order valence-corrected chi connectivity index (χ2v) is 11.8. The zero-order valence-corrected chi connectivity index (χ0v) is 24.6. The first-order valence-electron chi connectivity index (χ1n) is 13.7. The predicted octanol–water partition coefficient (Wildman–Crippen LogP) is 4.55. The predicted molar refractivity (Wildman–Crippen MR) is 154 cm³/mol. The third-order valence-corrected chi connectivity index (χ3v) is 8.73. The summed E-state index contributed by atoms with van der Waals surface area (Å²) in [7, 11) is 1.28. The van der Waals surface area contributed by atoms with Gasteiger partial charge < -0.3 is 25.6 Å². The van der Waals surface area contributed by atoms with Crippen molar-refractivity contribution in [3.05, 3.63) is 70.3 Å². The first-order chi connectivity index (χ1) is 21.2. The van der Waals surface area contributed by atoms with Crippen molar-refractivity contribution in [1.82, 2.24) is 20.1 Å². The molecule has 0 saturated heterocycles. The van der Waals surface area contributed by atoms with Gasteiger partial charge in [-0.2, -0.15) is 13.9 Å². The van der Waals surface area contributed by atoms with Gasteiger partial charge in [-0.1, -0.05) is 11.6 Å². The lowest BCUT2D eigenvalue weighted by atomic mass is 9.80. The minimum atomic E-state index is -2.92. The first kappa shape index (κ1) is 30.6. The number of rotatable bonds is 9. The van der Waals surface area contributed by atoms with Gasteiger partial charge in [0, 0.05) is 28.3 Å². The molecule has 0 unspecified atom stereocenters. The average molecular weight is 648 g/mol. The molecule has 0 radical (unpaired) electrons. The van der Waals surface area contributed by atoms with Crippen LogP contribution in [-0.4, -0.2) is 57.6 Å². The van der Waals surface area contributed by atoms with Crippen molar-refractivity contribution in [2.75, 3.05) is 20.3 Å². The topological polar surface area (TPSA) is 142 Å². The molecule has 236 valence electrons. The molecule has 1 aliphatic carbocycles. The standard InChI is InChI=1S/C30H26ClF4N5O5/c1-28(26(36)42)13-45-24-17(28)10-21(38-23(24)14-3-4-19(32)18(31)8-14)30(43,29(35)5-6-29)12-37-25(41)15-7-16-11-40(27(33)34)39-22(16)20(9-15)44-2/h3-4,7-11,27,43H,5-6,12-13H2,1-2H3,(H2,36,42)(H,37,41)/t28-,30-/m0/s1. The van der Waals surface area contributed by atoms with Crippen molar-refractivity contribution in [1.29, 1.82) is 0 Å². The van der Waals surface area contributed by atoms with E-state index in [1.165, 1.54) is 44.4 Å². The largest absolute Gasteiger partial charge is 0.494 e. The molecule has 0 bridgehead atoms. The second kappa shape index (κ2) is 10.6. The lowest BCUT2D eigenvalue weighted by Crippen LogP contribution is -2.49. The molecule has 2 atom stereocenters. The molecule has 45 heavy (non-hydrogen) atoms. The number of amides is 2. The fourth-order valence-corrected chi connectivity index (χ4v) is 5.64. The van der Waals surface area contributed by atoms with Crippen LogP contribution >= 0.6 is 11.6 Å². The van der Waals surface area contributed by atoms with Crippen molar-refractivity contribution < 1.29 is 41.7 Å². The quantitative estimate of drug-likeness (QED) is 0.226. The molecule has 2 aliphatic rings. The van der Waals surface area contributed by atoms with E-state index in [-0.39, 0.29) is 75.0 Å². The molecule has 10 nitrogen and oxygen atoms in total. The maximum absolute atomic E-state index is 16.1. The van der Waals surface area contributed by atoms with Gasteiger partial charge in [-0.25, -0.2) is 18.4 Å². The summed E-state index contributed by atoms with van der Waals surface area (Å²) in [5, 5.41) is 18.3. The number of fused-ring (bicyclic) bond motifs is 2. The van der Waals surface area contributed by atoms with Gasteiger partial charge in [-0.3, -0.25) is 9.59 Å². The highest BCUT2D eigenvalue weighted by atomic mass is 35.5.